The largest absolute Gasteiger partial charge is 0.468 e. The molecule has 1 saturated heterocycles. The minimum Gasteiger partial charge on any atom is -0.468 e. The molecule has 0 spiro atoms. The molecule has 2 aromatic heterocycles. The Morgan fingerprint density at radius 1 is 1.25 bits per heavy atom. The lowest BCUT2D eigenvalue weighted by molar-refractivity contribution is 0.156. The van der Waals surface area contributed by atoms with Crippen molar-refractivity contribution >= 4 is 11.7 Å². The van der Waals surface area contributed by atoms with Crippen molar-refractivity contribution in [2.24, 2.45) is 5.92 Å². The first-order chi connectivity index (χ1) is 13.8. The zero-order valence-corrected chi connectivity index (χ0v) is 15.6. The first kappa shape index (κ1) is 18.3. The topological polar surface area (TPSA) is 83.5 Å². The molecule has 1 aromatic carbocycles. The molecule has 146 valence electrons. The Balaban J connectivity index is 1.26. The number of nitrogens with one attached hydrogen (secondary N) is 2. The quantitative estimate of drug-likeness (QED) is 0.676. The fourth-order valence-electron chi connectivity index (χ4n) is 3.61. The number of oxazole rings is 1. The lowest BCUT2D eigenvalue weighted by atomic mass is 9.98. The van der Waals surface area contributed by atoms with Gasteiger partial charge in [-0.05, 0) is 49.6 Å². The first-order valence-corrected chi connectivity index (χ1v) is 9.55. The highest BCUT2D eigenvalue weighted by Crippen LogP contribution is 2.22. The molecule has 2 N–H and O–H groups in total. The number of likely N-dealkylation sites (tertiary alicyclic amines) is 1. The minimum absolute atomic E-state index is 0.196. The predicted octanol–water partition coefficient (Wildman–Crippen LogP) is 3.97. The number of furan rings is 1. The van der Waals surface area contributed by atoms with Gasteiger partial charge >= 0.3 is 6.03 Å². The van der Waals surface area contributed by atoms with Crippen molar-refractivity contribution in [2.75, 3.05) is 25.0 Å². The van der Waals surface area contributed by atoms with Crippen LogP contribution in [-0.4, -0.2) is 35.5 Å². The highest BCUT2D eigenvalue weighted by molar-refractivity contribution is 5.89. The molecule has 0 saturated carbocycles. The zero-order valence-electron chi connectivity index (χ0n) is 15.6. The van der Waals surface area contributed by atoms with E-state index in [2.05, 4.69) is 20.5 Å². The van der Waals surface area contributed by atoms with Gasteiger partial charge in [-0.25, -0.2) is 9.78 Å². The van der Waals surface area contributed by atoms with Crippen LogP contribution in [0.15, 0.2) is 64.1 Å². The maximum atomic E-state index is 12.3. The van der Waals surface area contributed by atoms with E-state index in [0.717, 1.165) is 49.5 Å². The van der Waals surface area contributed by atoms with E-state index in [1.54, 1.807) is 12.5 Å². The Bertz CT molecular complexity index is 877. The van der Waals surface area contributed by atoms with Gasteiger partial charge in [-0.1, -0.05) is 12.1 Å². The van der Waals surface area contributed by atoms with Crippen LogP contribution in [0.3, 0.4) is 0 Å². The van der Waals surface area contributed by atoms with Crippen LogP contribution in [0, 0.1) is 5.92 Å². The Morgan fingerprint density at radius 3 is 3.04 bits per heavy atom. The number of carbonyl (C=O) groups excluding carboxylic acids is 1. The minimum atomic E-state index is -0.196. The van der Waals surface area contributed by atoms with Crippen LogP contribution in [0.25, 0.3) is 11.3 Å². The summed E-state index contributed by atoms with van der Waals surface area (Å²) in [4.78, 5) is 18.6. The second-order valence-corrected chi connectivity index (χ2v) is 7.10. The molecule has 1 fully saturated rings. The van der Waals surface area contributed by atoms with Crippen molar-refractivity contribution < 1.29 is 13.6 Å². The number of aromatic nitrogens is 1. The number of carbonyl (C=O) groups is 1. The van der Waals surface area contributed by atoms with Gasteiger partial charge in [-0.3, -0.25) is 4.90 Å². The highest BCUT2D eigenvalue weighted by atomic mass is 16.3. The number of hydrogen-bond acceptors (Lipinski definition) is 5. The molecule has 1 aliphatic heterocycles. The lowest BCUT2D eigenvalue weighted by Crippen LogP contribution is -2.41. The number of piperidine rings is 1. The van der Waals surface area contributed by atoms with Crippen molar-refractivity contribution in [3.8, 4) is 11.3 Å². The number of amides is 2. The summed E-state index contributed by atoms with van der Waals surface area (Å²) in [5.41, 5.74) is 1.59. The van der Waals surface area contributed by atoms with E-state index in [1.807, 2.05) is 36.4 Å². The molecule has 3 aromatic rings. The van der Waals surface area contributed by atoms with Crippen molar-refractivity contribution in [2.45, 2.75) is 19.4 Å². The van der Waals surface area contributed by atoms with E-state index in [9.17, 15) is 4.79 Å². The third-order valence-corrected chi connectivity index (χ3v) is 4.95. The molecule has 4 rings (SSSR count). The Kier molecular flexibility index (Phi) is 5.72. The van der Waals surface area contributed by atoms with Gasteiger partial charge < -0.3 is 19.5 Å². The van der Waals surface area contributed by atoms with Crippen molar-refractivity contribution in [3.05, 3.63) is 61.0 Å². The molecule has 0 unspecified atom stereocenters. The van der Waals surface area contributed by atoms with Gasteiger partial charge in [0.25, 0.3) is 0 Å². The Morgan fingerprint density at radius 2 is 2.21 bits per heavy atom. The van der Waals surface area contributed by atoms with Crippen LogP contribution in [0.4, 0.5) is 10.5 Å². The van der Waals surface area contributed by atoms with E-state index in [0.29, 0.717) is 18.2 Å². The molecule has 0 aliphatic carbocycles. The van der Waals surface area contributed by atoms with Gasteiger partial charge in [0.15, 0.2) is 12.2 Å². The number of benzene rings is 1. The predicted molar refractivity (Wildman–Crippen MR) is 106 cm³/mol. The second kappa shape index (κ2) is 8.75. The number of nitrogens with zero attached hydrogens (tertiary/aromatic N) is 2. The fourth-order valence-corrected chi connectivity index (χ4v) is 3.61. The summed E-state index contributed by atoms with van der Waals surface area (Å²) < 4.78 is 10.7. The van der Waals surface area contributed by atoms with Crippen LogP contribution >= 0.6 is 0 Å². The summed E-state index contributed by atoms with van der Waals surface area (Å²) in [7, 11) is 0. The van der Waals surface area contributed by atoms with Crippen LogP contribution < -0.4 is 10.6 Å². The zero-order chi connectivity index (χ0) is 19.2. The van der Waals surface area contributed by atoms with Crippen molar-refractivity contribution in [3.63, 3.8) is 0 Å². The fraction of sp³-hybridized carbons (Fsp3) is 0.333. The Hall–Kier alpha value is -3.06. The van der Waals surface area contributed by atoms with Crippen LogP contribution in [0.1, 0.15) is 18.6 Å². The van der Waals surface area contributed by atoms with Gasteiger partial charge in [-0.2, -0.15) is 0 Å². The molecule has 1 aliphatic rings. The number of urea groups is 1. The molecule has 3 heterocycles. The number of rotatable bonds is 6. The lowest BCUT2D eigenvalue weighted by Gasteiger charge is -2.32. The van der Waals surface area contributed by atoms with Gasteiger partial charge in [-0.15, -0.1) is 0 Å². The molecule has 1 atom stereocenters. The van der Waals surface area contributed by atoms with Gasteiger partial charge in [0.2, 0.25) is 0 Å². The van der Waals surface area contributed by atoms with E-state index in [4.69, 9.17) is 8.83 Å². The van der Waals surface area contributed by atoms with Gasteiger partial charge in [0.05, 0.1) is 19.0 Å². The molecule has 7 nitrogen and oxygen atoms in total. The van der Waals surface area contributed by atoms with Crippen LogP contribution in [0.2, 0.25) is 0 Å². The van der Waals surface area contributed by atoms with E-state index in [1.165, 1.54) is 6.39 Å². The van der Waals surface area contributed by atoms with E-state index in [-0.39, 0.29) is 6.03 Å². The van der Waals surface area contributed by atoms with Crippen molar-refractivity contribution in [1.29, 1.82) is 0 Å². The van der Waals surface area contributed by atoms with E-state index < -0.39 is 0 Å². The van der Waals surface area contributed by atoms with Crippen LogP contribution in [-0.2, 0) is 6.54 Å². The summed E-state index contributed by atoms with van der Waals surface area (Å²) >= 11 is 0. The van der Waals surface area contributed by atoms with Gasteiger partial charge in [0.1, 0.15) is 5.76 Å². The first-order valence-electron chi connectivity index (χ1n) is 9.55. The average molecular weight is 380 g/mol. The number of hydrogen-bond donors (Lipinski definition) is 2. The summed E-state index contributed by atoms with van der Waals surface area (Å²) in [6.45, 7) is 3.51. The summed E-state index contributed by atoms with van der Waals surface area (Å²) in [6.07, 6.45) is 7.00. The summed E-state index contributed by atoms with van der Waals surface area (Å²) in [6, 6.07) is 11.2. The van der Waals surface area contributed by atoms with Gasteiger partial charge in [0, 0.05) is 24.3 Å². The highest BCUT2D eigenvalue weighted by Gasteiger charge is 2.21. The molecule has 7 heteroatoms. The summed E-state index contributed by atoms with van der Waals surface area (Å²) in [5.74, 6) is 2.09. The molecule has 0 radical (unpaired) electrons. The number of anilines is 1. The standard InChI is InChI=1S/C21H24N4O3/c26-21(24-18-6-1-5-17(10-18)20-12-22-15-28-20)23-11-16-4-2-8-25(13-16)14-19-7-3-9-27-19/h1,3,5-7,9-10,12,15-16H,2,4,8,11,13-14H2,(H2,23,24,26)/t16-/m0/s1. The SMILES string of the molecule is O=C(NC[C@@H]1CCCN(Cc2ccco2)C1)Nc1cccc(-c2cnco2)c1. The molecular weight excluding hydrogens is 356 g/mol. The maximum Gasteiger partial charge on any atom is 0.319 e. The monoisotopic (exact) mass is 380 g/mol. The summed E-state index contributed by atoms with van der Waals surface area (Å²) in [5, 5.41) is 5.89. The third-order valence-electron chi connectivity index (χ3n) is 4.95. The molecule has 2 amide bonds. The Labute approximate surface area is 163 Å². The smallest absolute Gasteiger partial charge is 0.319 e. The normalized spacial score (nSPS) is 17.4. The maximum absolute atomic E-state index is 12.3. The second-order valence-electron chi connectivity index (χ2n) is 7.10. The third kappa shape index (κ3) is 4.80. The van der Waals surface area contributed by atoms with Crippen molar-refractivity contribution in [1.82, 2.24) is 15.2 Å². The average Bonchev–Trinajstić information content (AvgIpc) is 3.41. The molecule has 28 heavy (non-hydrogen) atoms. The van der Waals surface area contributed by atoms with E-state index >= 15 is 0 Å². The molecule has 0 bridgehead atoms. The van der Waals surface area contributed by atoms with Crippen LogP contribution in [0.5, 0.6) is 0 Å². The molecular formula is C21H24N4O3.